The summed E-state index contributed by atoms with van der Waals surface area (Å²) in [4.78, 5) is 0. The third-order valence-corrected chi connectivity index (χ3v) is 3.24. The lowest BCUT2D eigenvalue weighted by molar-refractivity contribution is 0.385. The van der Waals surface area contributed by atoms with Crippen LogP contribution in [-0.2, 0) is 6.42 Å². The molecule has 1 fully saturated rings. The summed E-state index contributed by atoms with van der Waals surface area (Å²) in [5.41, 5.74) is 2.18. The summed E-state index contributed by atoms with van der Waals surface area (Å²) in [5, 5.41) is 3.43. The summed E-state index contributed by atoms with van der Waals surface area (Å²) in [5.74, 6) is 0.0710. The molecule has 0 radical (unpaired) electrons. The third-order valence-electron chi connectivity index (χ3n) is 3.24. The smallest absolute Gasteiger partial charge is 0.165 e. The largest absolute Gasteiger partial charge is 0.494 e. The first kappa shape index (κ1) is 11.4. The highest BCUT2D eigenvalue weighted by Gasteiger charge is 2.16. The number of nitrogens with one attached hydrogen (secondary N) is 1. The Balaban J connectivity index is 2.17. The molecule has 0 spiro atoms. The van der Waals surface area contributed by atoms with Crippen LogP contribution in [0.2, 0.25) is 0 Å². The van der Waals surface area contributed by atoms with Gasteiger partial charge < -0.3 is 10.1 Å². The fourth-order valence-corrected chi connectivity index (χ4v) is 2.27. The molecule has 0 amide bonds. The predicted octanol–water partition coefficient (Wildman–Crippen LogP) is 2.44. The number of halogens is 1. The van der Waals surface area contributed by atoms with Crippen LogP contribution in [-0.4, -0.2) is 19.7 Å². The number of hydrogen-bond donors (Lipinski definition) is 1. The van der Waals surface area contributed by atoms with Gasteiger partial charge in [0.15, 0.2) is 11.6 Å². The normalized spacial score (nSPS) is 20.1. The van der Waals surface area contributed by atoms with Crippen LogP contribution in [0.25, 0.3) is 0 Å². The molecule has 0 saturated carbocycles. The average molecular weight is 223 g/mol. The van der Waals surface area contributed by atoms with Gasteiger partial charge in [-0.05, 0) is 56.0 Å². The van der Waals surface area contributed by atoms with E-state index in [4.69, 9.17) is 4.74 Å². The Morgan fingerprint density at radius 2 is 2.31 bits per heavy atom. The molecule has 1 atom stereocenters. The van der Waals surface area contributed by atoms with Crippen molar-refractivity contribution < 1.29 is 9.13 Å². The van der Waals surface area contributed by atoms with Crippen LogP contribution < -0.4 is 10.1 Å². The number of ether oxygens (including phenoxy) is 1. The van der Waals surface area contributed by atoms with E-state index in [1.807, 2.05) is 6.92 Å². The van der Waals surface area contributed by atoms with Crippen LogP contribution in [0.1, 0.15) is 24.0 Å². The fraction of sp³-hybridized carbons (Fsp3) is 0.538. The van der Waals surface area contributed by atoms with Crippen LogP contribution in [0.3, 0.4) is 0 Å². The molecular formula is C13H18FNO. The molecule has 0 aromatic heterocycles. The monoisotopic (exact) mass is 223 g/mol. The summed E-state index contributed by atoms with van der Waals surface area (Å²) in [7, 11) is 1.50. The number of rotatable bonds is 3. The van der Waals surface area contributed by atoms with Crippen molar-refractivity contribution in [1.82, 2.24) is 5.32 Å². The van der Waals surface area contributed by atoms with Gasteiger partial charge in [-0.15, -0.1) is 0 Å². The molecule has 3 heteroatoms. The Morgan fingerprint density at radius 1 is 1.50 bits per heavy atom. The van der Waals surface area contributed by atoms with Crippen molar-refractivity contribution in [2.45, 2.75) is 32.2 Å². The summed E-state index contributed by atoms with van der Waals surface area (Å²) < 4.78 is 18.5. The number of benzene rings is 1. The summed E-state index contributed by atoms with van der Waals surface area (Å²) >= 11 is 0. The second-order valence-corrected chi connectivity index (χ2v) is 4.41. The molecule has 1 heterocycles. The molecule has 1 aliphatic heterocycles. The topological polar surface area (TPSA) is 21.3 Å². The first-order chi connectivity index (χ1) is 7.70. The van der Waals surface area contributed by atoms with Gasteiger partial charge >= 0.3 is 0 Å². The molecule has 1 aromatic rings. The lowest BCUT2D eigenvalue weighted by Crippen LogP contribution is -2.24. The van der Waals surface area contributed by atoms with Crippen molar-refractivity contribution in [3.8, 4) is 5.75 Å². The highest BCUT2D eigenvalue weighted by molar-refractivity contribution is 5.36. The number of hydrogen-bond acceptors (Lipinski definition) is 2. The van der Waals surface area contributed by atoms with Crippen LogP contribution in [0.15, 0.2) is 12.1 Å². The molecule has 1 saturated heterocycles. The minimum Gasteiger partial charge on any atom is -0.494 e. The van der Waals surface area contributed by atoms with E-state index in [9.17, 15) is 4.39 Å². The zero-order chi connectivity index (χ0) is 11.5. The van der Waals surface area contributed by atoms with Crippen molar-refractivity contribution in [3.63, 3.8) is 0 Å². The van der Waals surface area contributed by atoms with E-state index < -0.39 is 0 Å². The second kappa shape index (κ2) is 4.83. The maximum atomic E-state index is 13.6. The lowest BCUT2D eigenvalue weighted by Gasteiger charge is -2.13. The molecule has 16 heavy (non-hydrogen) atoms. The van der Waals surface area contributed by atoms with Crippen molar-refractivity contribution >= 4 is 0 Å². The van der Waals surface area contributed by atoms with Gasteiger partial charge in [0.05, 0.1) is 7.11 Å². The first-order valence-electron chi connectivity index (χ1n) is 5.77. The molecule has 0 bridgehead atoms. The van der Waals surface area contributed by atoms with E-state index in [1.165, 1.54) is 20.0 Å². The van der Waals surface area contributed by atoms with Gasteiger partial charge in [-0.25, -0.2) is 4.39 Å². The van der Waals surface area contributed by atoms with Gasteiger partial charge in [-0.1, -0.05) is 0 Å². The van der Waals surface area contributed by atoms with E-state index in [1.54, 1.807) is 12.1 Å². The van der Waals surface area contributed by atoms with Gasteiger partial charge in [0, 0.05) is 6.04 Å². The molecular weight excluding hydrogens is 205 g/mol. The summed E-state index contributed by atoms with van der Waals surface area (Å²) in [6.45, 7) is 3.09. The van der Waals surface area contributed by atoms with Gasteiger partial charge in [-0.2, -0.15) is 0 Å². The Bertz CT molecular complexity index is 372. The maximum Gasteiger partial charge on any atom is 0.165 e. The van der Waals surface area contributed by atoms with Crippen molar-refractivity contribution in [2.75, 3.05) is 13.7 Å². The quantitative estimate of drug-likeness (QED) is 0.849. The third kappa shape index (κ3) is 2.35. The highest BCUT2D eigenvalue weighted by Crippen LogP contribution is 2.23. The van der Waals surface area contributed by atoms with Crippen molar-refractivity contribution in [3.05, 3.63) is 29.1 Å². The summed E-state index contributed by atoms with van der Waals surface area (Å²) in [6, 6.07) is 3.89. The number of aryl methyl sites for hydroxylation is 1. The van der Waals surface area contributed by atoms with Crippen molar-refractivity contribution in [1.29, 1.82) is 0 Å². The van der Waals surface area contributed by atoms with E-state index in [0.717, 1.165) is 24.1 Å². The zero-order valence-electron chi connectivity index (χ0n) is 9.85. The standard InChI is InChI=1S/C13H18FNO/c1-9-6-13(16-2)12(14)8-10(9)7-11-4-3-5-15-11/h6,8,11,15H,3-5,7H2,1-2H3. The average Bonchev–Trinajstić information content (AvgIpc) is 2.75. The molecule has 1 aromatic carbocycles. The van der Waals surface area contributed by atoms with E-state index >= 15 is 0 Å². The van der Waals surface area contributed by atoms with Crippen LogP contribution in [0.4, 0.5) is 4.39 Å². The second-order valence-electron chi connectivity index (χ2n) is 4.41. The van der Waals surface area contributed by atoms with E-state index in [0.29, 0.717) is 11.8 Å². The minimum atomic E-state index is -0.263. The predicted molar refractivity (Wildman–Crippen MR) is 62.4 cm³/mol. The summed E-state index contributed by atoms with van der Waals surface area (Å²) in [6.07, 6.45) is 3.32. The highest BCUT2D eigenvalue weighted by atomic mass is 19.1. The van der Waals surface area contributed by atoms with Crippen LogP contribution in [0, 0.1) is 12.7 Å². The maximum absolute atomic E-state index is 13.6. The molecule has 1 aliphatic rings. The Hall–Kier alpha value is -1.09. The Kier molecular flexibility index (Phi) is 3.44. The molecule has 2 rings (SSSR count). The van der Waals surface area contributed by atoms with Crippen LogP contribution in [0.5, 0.6) is 5.75 Å². The van der Waals surface area contributed by atoms with E-state index in [2.05, 4.69) is 5.32 Å². The number of methoxy groups -OCH3 is 1. The minimum absolute atomic E-state index is 0.263. The molecule has 88 valence electrons. The lowest BCUT2D eigenvalue weighted by atomic mass is 9.99. The Morgan fingerprint density at radius 3 is 2.94 bits per heavy atom. The van der Waals surface area contributed by atoms with Gasteiger partial charge in [-0.3, -0.25) is 0 Å². The molecule has 1 unspecified atom stereocenters. The van der Waals surface area contributed by atoms with Crippen molar-refractivity contribution in [2.24, 2.45) is 0 Å². The molecule has 1 N–H and O–H groups in total. The van der Waals surface area contributed by atoms with Gasteiger partial charge in [0.25, 0.3) is 0 Å². The SMILES string of the molecule is COc1cc(C)c(CC2CCCN2)cc1F. The van der Waals surface area contributed by atoms with Crippen LogP contribution >= 0.6 is 0 Å². The first-order valence-corrected chi connectivity index (χ1v) is 5.77. The fourth-order valence-electron chi connectivity index (χ4n) is 2.27. The molecule has 2 nitrogen and oxygen atoms in total. The van der Waals surface area contributed by atoms with Gasteiger partial charge in [0.2, 0.25) is 0 Å². The zero-order valence-corrected chi connectivity index (χ0v) is 9.85. The van der Waals surface area contributed by atoms with E-state index in [-0.39, 0.29) is 5.82 Å². The molecule has 0 aliphatic carbocycles. The Labute approximate surface area is 95.8 Å². The van der Waals surface area contributed by atoms with Gasteiger partial charge in [0.1, 0.15) is 0 Å².